The van der Waals surface area contributed by atoms with Crippen molar-refractivity contribution in [3.8, 4) is 36.3 Å². The molecule has 3 heteroatoms. The van der Waals surface area contributed by atoms with Crippen molar-refractivity contribution in [1.82, 2.24) is 4.57 Å². The number of hydrogen-bond donors (Lipinski definition) is 0. The van der Waals surface area contributed by atoms with E-state index < -0.39 is 0 Å². The van der Waals surface area contributed by atoms with E-state index >= 15 is 0 Å². The molecule has 47 heavy (non-hydrogen) atoms. The molecule has 0 unspecified atom stereocenters. The van der Waals surface area contributed by atoms with E-state index in [0.29, 0.717) is 0 Å². The molecule has 0 fully saturated rings. The standard InChI is InChI=1S/C44H27NS2/c1-3-12-29(13-4-1)38-23-25-40(46-38)41-26-24-39(47-41)30-20-22-37-36(27-30)43-34-18-10-9-17-33(34)35-21-19-28-11-7-8-16-32(28)42(35)44(43)45(37)31-14-5-2-6-15-31/h1-27H. The van der Waals surface area contributed by atoms with Gasteiger partial charge in [-0.05, 0) is 86.6 Å². The maximum atomic E-state index is 2.49. The van der Waals surface area contributed by atoms with Crippen LogP contribution in [0.2, 0.25) is 0 Å². The smallest absolute Gasteiger partial charge is 0.0632 e. The summed E-state index contributed by atoms with van der Waals surface area (Å²) in [5, 5.41) is 10.3. The van der Waals surface area contributed by atoms with Crippen LogP contribution in [0.5, 0.6) is 0 Å². The predicted molar refractivity (Wildman–Crippen MR) is 205 cm³/mol. The predicted octanol–water partition coefficient (Wildman–Crippen LogP) is 13.4. The van der Waals surface area contributed by atoms with Gasteiger partial charge in [0.05, 0.1) is 11.0 Å². The van der Waals surface area contributed by atoms with Crippen LogP contribution in [0.25, 0.3) is 90.4 Å². The highest BCUT2D eigenvalue weighted by Crippen LogP contribution is 2.46. The van der Waals surface area contributed by atoms with E-state index in [4.69, 9.17) is 0 Å². The third-order valence-corrected chi connectivity index (χ3v) is 11.9. The molecule has 0 aliphatic heterocycles. The zero-order valence-electron chi connectivity index (χ0n) is 25.4. The Morgan fingerprint density at radius 1 is 0.362 bits per heavy atom. The molecule has 3 heterocycles. The van der Waals surface area contributed by atoms with Crippen molar-refractivity contribution >= 4 is 76.8 Å². The molecule has 0 aliphatic carbocycles. The van der Waals surface area contributed by atoms with Crippen LogP contribution in [-0.2, 0) is 0 Å². The molecule has 0 amide bonds. The second-order valence-electron chi connectivity index (χ2n) is 12.1. The Morgan fingerprint density at radius 3 is 1.70 bits per heavy atom. The zero-order chi connectivity index (χ0) is 30.9. The average Bonchev–Trinajstić information content (AvgIpc) is 3.90. The molecule has 3 aromatic heterocycles. The Balaban J connectivity index is 1.25. The highest BCUT2D eigenvalue weighted by molar-refractivity contribution is 7.25. The van der Waals surface area contributed by atoms with Gasteiger partial charge in [-0.15, -0.1) is 22.7 Å². The zero-order valence-corrected chi connectivity index (χ0v) is 27.0. The van der Waals surface area contributed by atoms with Crippen LogP contribution in [0, 0.1) is 0 Å². The number of benzene rings is 7. The van der Waals surface area contributed by atoms with Gasteiger partial charge < -0.3 is 4.57 Å². The van der Waals surface area contributed by atoms with Gasteiger partial charge in [-0.3, -0.25) is 0 Å². The van der Waals surface area contributed by atoms with Gasteiger partial charge in [0, 0.05) is 41.4 Å². The number of hydrogen-bond acceptors (Lipinski definition) is 2. The first-order chi connectivity index (χ1) is 23.3. The summed E-state index contributed by atoms with van der Waals surface area (Å²) >= 11 is 3.74. The molecule has 0 atom stereocenters. The van der Waals surface area contributed by atoms with E-state index in [1.54, 1.807) is 0 Å². The van der Waals surface area contributed by atoms with Gasteiger partial charge in [-0.1, -0.05) is 115 Å². The minimum atomic E-state index is 1.18. The van der Waals surface area contributed by atoms with E-state index in [9.17, 15) is 0 Å². The Hall–Kier alpha value is -5.48. The molecular weight excluding hydrogens is 607 g/mol. The average molecular weight is 634 g/mol. The molecule has 0 aliphatic rings. The highest BCUT2D eigenvalue weighted by Gasteiger charge is 2.21. The van der Waals surface area contributed by atoms with E-state index in [-0.39, 0.29) is 0 Å². The Kier molecular flexibility index (Phi) is 5.98. The fraction of sp³-hybridized carbons (Fsp3) is 0. The fourth-order valence-electron chi connectivity index (χ4n) is 7.34. The van der Waals surface area contributed by atoms with Crippen molar-refractivity contribution in [2.45, 2.75) is 0 Å². The molecular formula is C44H27NS2. The van der Waals surface area contributed by atoms with Gasteiger partial charge >= 0.3 is 0 Å². The number of rotatable bonds is 4. The molecule has 0 spiro atoms. The fourth-order valence-corrected chi connectivity index (χ4v) is 9.44. The first kappa shape index (κ1) is 26.7. The lowest BCUT2D eigenvalue weighted by Crippen LogP contribution is -1.95. The molecule has 7 aromatic carbocycles. The molecule has 0 saturated carbocycles. The maximum absolute atomic E-state index is 2.49. The summed E-state index contributed by atoms with van der Waals surface area (Å²) in [6, 6.07) is 60.0. The van der Waals surface area contributed by atoms with E-state index in [1.165, 1.54) is 90.4 Å². The van der Waals surface area contributed by atoms with E-state index in [2.05, 4.69) is 168 Å². The normalized spacial score (nSPS) is 11.8. The van der Waals surface area contributed by atoms with E-state index in [1.807, 2.05) is 22.7 Å². The van der Waals surface area contributed by atoms with Gasteiger partial charge in [0.2, 0.25) is 0 Å². The molecule has 10 aromatic rings. The summed E-state index contributed by atoms with van der Waals surface area (Å²) in [5.74, 6) is 0. The van der Waals surface area contributed by atoms with Crippen molar-refractivity contribution in [2.24, 2.45) is 0 Å². The number of thiophene rings is 2. The van der Waals surface area contributed by atoms with Crippen molar-refractivity contribution in [1.29, 1.82) is 0 Å². The third kappa shape index (κ3) is 4.14. The number of aromatic nitrogens is 1. The van der Waals surface area contributed by atoms with Crippen LogP contribution in [0.15, 0.2) is 164 Å². The van der Waals surface area contributed by atoms with Crippen LogP contribution < -0.4 is 0 Å². The Labute approximate surface area is 280 Å². The van der Waals surface area contributed by atoms with Gasteiger partial charge in [-0.25, -0.2) is 0 Å². The monoisotopic (exact) mass is 633 g/mol. The quantitative estimate of drug-likeness (QED) is 0.170. The van der Waals surface area contributed by atoms with E-state index in [0.717, 1.165) is 0 Å². The third-order valence-electron chi connectivity index (χ3n) is 9.43. The molecule has 220 valence electrons. The van der Waals surface area contributed by atoms with Crippen LogP contribution in [0.4, 0.5) is 0 Å². The van der Waals surface area contributed by atoms with Gasteiger partial charge in [-0.2, -0.15) is 0 Å². The summed E-state index contributed by atoms with van der Waals surface area (Å²) < 4.78 is 2.49. The number of para-hydroxylation sites is 1. The lowest BCUT2D eigenvalue weighted by Gasteiger charge is -2.14. The first-order valence-electron chi connectivity index (χ1n) is 15.9. The first-order valence-corrected chi connectivity index (χ1v) is 17.6. The van der Waals surface area contributed by atoms with Crippen LogP contribution in [0.1, 0.15) is 0 Å². The minimum Gasteiger partial charge on any atom is -0.309 e. The molecule has 0 radical (unpaired) electrons. The van der Waals surface area contributed by atoms with Gasteiger partial charge in [0.1, 0.15) is 0 Å². The molecule has 1 nitrogen and oxygen atoms in total. The Bertz CT molecular complexity index is 2780. The summed E-state index contributed by atoms with van der Waals surface area (Å²) in [5.41, 5.74) is 6.20. The SMILES string of the molecule is c1ccc(-c2ccc(-c3ccc(-c4ccc5c(c4)c4c6ccccc6c6ccc7ccccc7c6c4n5-c4ccccc4)s3)s2)cc1. The molecule has 0 N–H and O–H groups in total. The summed E-state index contributed by atoms with van der Waals surface area (Å²) in [4.78, 5) is 5.21. The Morgan fingerprint density at radius 2 is 0.936 bits per heavy atom. The summed E-state index contributed by atoms with van der Waals surface area (Å²) in [6.07, 6.45) is 0. The van der Waals surface area contributed by atoms with Crippen molar-refractivity contribution in [3.05, 3.63) is 164 Å². The van der Waals surface area contributed by atoms with Crippen LogP contribution in [0.3, 0.4) is 0 Å². The summed E-state index contributed by atoms with van der Waals surface area (Å²) in [6.45, 7) is 0. The van der Waals surface area contributed by atoms with Crippen molar-refractivity contribution in [3.63, 3.8) is 0 Å². The van der Waals surface area contributed by atoms with Crippen molar-refractivity contribution in [2.75, 3.05) is 0 Å². The largest absolute Gasteiger partial charge is 0.309 e. The molecule has 0 bridgehead atoms. The topological polar surface area (TPSA) is 4.93 Å². The number of fused-ring (bicyclic) bond motifs is 10. The molecule has 0 saturated heterocycles. The summed E-state index contributed by atoms with van der Waals surface area (Å²) in [7, 11) is 0. The second kappa shape index (κ2) is 10.5. The van der Waals surface area contributed by atoms with Gasteiger partial charge in [0.15, 0.2) is 0 Å². The highest BCUT2D eigenvalue weighted by atomic mass is 32.1. The van der Waals surface area contributed by atoms with Crippen LogP contribution >= 0.6 is 22.7 Å². The van der Waals surface area contributed by atoms with Gasteiger partial charge in [0.25, 0.3) is 0 Å². The lowest BCUT2D eigenvalue weighted by atomic mass is 9.93. The second-order valence-corrected chi connectivity index (χ2v) is 14.2. The lowest BCUT2D eigenvalue weighted by molar-refractivity contribution is 1.19. The van der Waals surface area contributed by atoms with Crippen LogP contribution in [-0.4, -0.2) is 4.57 Å². The maximum Gasteiger partial charge on any atom is 0.0632 e. The number of nitrogens with zero attached hydrogens (tertiary/aromatic N) is 1. The van der Waals surface area contributed by atoms with Crippen molar-refractivity contribution < 1.29 is 0 Å². The minimum absolute atomic E-state index is 1.18. The molecule has 10 rings (SSSR count).